The summed E-state index contributed by atoms with van der Waals surface area (Å²) in [6, 6.07) is 29.1. The first-order chi connectivity index (χ1) is 21.5. The molecule has 46 heavy (non-hydrogen) atoms. The summed E-state index contributed by atoms with van der Waals surface area (Å²) in [6.45, 7) is 0. The molecule has 0 saturated heterocycles. The van der Waals surface area contributed by atoms with Gasteiger partial charge in [0.2, 0.25) is 11.8 Å². The van der Waals surface area contributed by atoms with Crippen LogP contribution in [-0.2, 0) is 22.4 Å². The highest BCUT2D eigenvalue weighted by Crippen LogP contribution is 2.29. The predicted octanol–water partition coefficient (Wildman–Crippen LogP) is 7.26. The number of likely N-dealkylation sites (N-methyl/N-ethyl adjacent to an activating group) is 2. The Bertz CT molecular complexity index is 1490. The van der Waals surface area contributed by atoms with Gasteiger partial charge in [-0.3, -0.25) is 9.59 Å². The highest BCUT2D eigenvalue weighted by molar-refractivity contribution is 14.1. The summed E-state index contributed by atoms with van der Waals surface area (Å²) in [5.74, 6) is 3.41. The lowest BCUT2D eigenvalue weighted by molar-refractivity contribution is -0.128. The molecule has 0 saturated carbocycles. The van der Waals surface area contributed by atoms with Crippen LogP contribution in [0.3, 0.4) is 0 Å². The van der Waals surface area contributed by atoms with E-state index in [1.807, 2.05) is 91.0 Å². The van der Waals surface area contributed by atoms with Crippen LogP contribution >= 0.6 is 22.6 Å². The van der Waals surface area contributed by atoms with Gasteiger partial charge < -0.3 is 28.7 Å². The quantitative estimate of drug-likeness (QED) is 0.168. The van der Waals surface area contributed by atoms with Gasteiger partial charge in [-0.1, -0.05) is 37.8 Å². The number of nitrogens with zero attached hydrogens (tertiary/aromatic N) is 2. The molecule has 0 unspecified atom stereocenters. The van der Waals surface area contributed by atoms with Crippen molar-refractivity contribution in [3.05, 3.63) is 106 Å². The second kappa shape index (κ2) is 20.7. The lowest BCUT2D eigenvalue weighted by Crippen LogP contribution is -2.23. The van der Waals surface area contributed by atoms with Crippen molar-refractivity contribution >= 4 is 34.4 Å². The largest absolute Gasteiger partial charge is 0.497 e. The zero-order valence-electron chi connectivity index (χ0n) is 27.3. The summed E-state index contributed by atoms with van der Waals surface area (Å²) in [5, 5.41) is 0. The van der Waals surface area contributed by atoms with Crippen LogP contribution in [0.5, 0.6) is 23.0 Å². The number of benzene rings is 4. The molecule has 0 spiro atoms. The second-order valence-electron chi connectivity index (χ2n) is 10.2. The van der Waals surface area contributed by atoms with Crippen molar-refractivity contribution in [2.75, 3.05) is 56.6 Å². The summed E-state index contributed by atoms with van der Waals surface area (Å²) in [4.78, 5) is 26.6. The van der Waals surface area contributed by atoms with E-state index in [0.717, 1.165) is 45.3 Å². The molecule has 4 aromatic rings. The molecule has 4 rings (SSSR count). The normalized spacial score (nSPS) is 9.59. The van der Waals surface area contributed by atoms with Crippen LogP contribution in [0.1, 0.15) is 18.6 Å². The Morgan fingerprint density at radius 2 is 1.04 bits per heavy atom. The lowest BCUT2D eigenvalue weighted by atomic mass is 9.97. The van der Waals surface area contributed by atoms with Gasteiger partial charge in [0.1, 0.15) is 23.0 Å². The van der Waals surface area contributed by atoms with Crippen molar-refractivity contribution in [2.24, 2.45) is 0 Å². The Morgan fingerprint density at radius 3 is 1.54 bits per heavy atom. The smallest absolute Gasteiger partial charge is 0.226 e. The van der Waals surface area contributed by atoms with Crippen LogP contribution in [0.4, 0.5) is 0 Å². The summed E-state index contributed by atoms with van der Waals surface area (Å²) in [7, 11) is 13.6. The van der Waals surface area contributed by atoms with Crippen LogP contribution in [0, 0.1) is 3.57 Å². The summed E-state index contributed by atoms with van der Waals surface area (Å²) in [6.07, 6.45) is 0.760. The number of methoxy groups -OCH3 is 4. The summed E-state index contributed by atoms with van der Waals surface area (Å²) < 4.78 is 21.7. The van der Waals surface area contributed by atoms with Gasteiger partial charge in [0, 0.05) is 31.8 Å². The number of hydrogen-bond acceptors (Lipinski definition) is 6. The van der Waals surface area contributed by atoms with Gasteiger partial charge >= 0.3 is 0 Å². The van der Waals surface area contributed by atoms with E-state index in [9.17, 15) is 9.59 Å². The van der Waals surface area contributed by atoms with E-state index in [4.69, 9.17) is 18.9 Å². The minimum atomic E-state index is 0. The van der Waals surface area contributed by atoms with Gasteiger partial charge in [0.25, 0.3) is 0 Å². The first-order valence-electron chi connectivity index (χ1n) is 14.1. The van der Waals surface area contributed by atoms with Crippen molar-refractivity contribution in [1.29, 1.82) is 0 Å². The Kier molecular flexibility index (Phi) is 17.9. The fraction of sp³-hybridized carbons (Fsp3) is 0.297. The van der Waals surface area contributed by atoms with Crippen LogP contribution in [0.2, 0.25) is 0 Å². The molecule has 0 radical (unpaired) electrons. The molecule has 0 heterocycles. The Morgan fingerprint density at radius 1 is 0.587 bits per heavy atom. The van der Waals surface area contributed by atoms with E-state index >= 15 is 0 Å². The van der Waals surface area contributed by atoms with Gasteiger partial charge in [-0.05, 0) is 106 Å². The van der Waals surface area contributed by atoms with Gasteiger partial charge in [-0.2, -0.15) is 0 Å². The molecule has 0 aromatic heterocycles. The lowest BCUT2D eigenvalue weighted by Gasteiger charge is -2.15. The Hall–Kier alpha value is -4.25. The molecule has 0 N–H and O–H groups in total. The number of rotatable bonds is 9. The van der Waals surface area contributed by atoms with Crippen molar-refractivity contribution in [1.82, 2.24) is 9.80 Å². The first kappa shape index (κ1) is 39.8. The maximum Gasteiger partial charge on any atom is 0.226 e. The minimum Gasteiger partial charge on any atom is -0.497 e. The average Bonchev–Trinajstić information content (AvgIpc) is 3.05. The van der Waals surface area contributed by atoms with Gasteiger partial charge in [-0.25, -0.2) is 0 Å². The standard InChI is InChI=1S/C18H21NO3.C11H15NO2.C7H7IO.CH4/c1-19(2)18(20)12-14-11-16(22-4)9-10-17(14)13-5-7-15(21-3)8-6-13;1-12(2)11(13)8-9-5-4-6-10(7-9)14-3;1-9-7-4-2-6(8)3-5-7;/h5-11H,12H2,1-4H3;4-7H,8H2,1-3H3;2-5H,1H3;1H4. The molecule has 0 aliphatic carbocycles. The van der Waals surface area contributed by atoms with Crippen LogP contribution in [0.15, 0.2) is 91.0 Å². The van der Waals surface area contributed by atoms with E-state index < -0.39 is 0 Å². The molecule has 0 aliphatic rings. The molecule has 9 heteroatoms. The topological polar surface area (TPSA) is 77.5 Å². The van der Waals surface area contributed by atoms with Crippen LogP contribution < -0.4 is 18.9 Å². The highest BCUT2D eigenvalue weighted by Gasteiger charge is 2.13. The number of ether oxygens (including phenoxy) is 4. The number of amides is 2. The predicted molar refractivity (Wildman–Crippen MR) is 195 cm³/mol. The fourth-order valence-corrected chi connectivity index (χ4v) is 4.26. The third-order valence-electron chi connectivity index (χ3n) is 6.59. The number of halogens is 1. The monoisotopic (exact) mass is 742 g/mol. The molecule has 8 nitrogen and oxygen atoms in total. The fourth-order valence-electron chi connectivity index (χ4n) is 3.90. The molecule has 0 aliphatic heterocycles. The maximum atomic E-state index is 12.1. The van der Waals surface area contributed by atoms with Gasteiger partial charge in [-0.15, -0.1) is 0 Å². The van der Waals surface area contributed by atoms with E-state index in [1.54, 1.807) is 66.4 Å². The van der Waals surface area contributed by atoms with Gasteiger partial charge in [0.15, 0.2) is 0 Å². The van der Waals surface area contributed by atoms with Crippen molar-refractivity contribution < 1.29 is 28.5 Å². The molecule has 2 amide bonds. The highest BCUT2D eigenvalue weighted by atomic mass is 127. The zero-order chi connectivity index (χ0) is 33.4. The number of carbonyl (C=O) groups is 2. The Balaban J connectivity index is 0.000000377. The van der Waals surface area contributed by atoms with Crippen LogP contribution in [-0.4, -0.2) is 78.2 Å². The van der Waals surface area contributed by atoms with E-state index in [-0.39, 0.29) is 19.2 Å². The van der Waals surface area contributed by atoms with Crippen molar-refractivity contribution in [3.8, 4) is 34.1 Å². The molecule has 248 valence electrons. The van der Waals surface area contributed by atoms with E-state index in [1.165, 1.54) is 3.57 Å². The summed E-state index contributed by atoms with van der Waals surface area (Å²) >= 11 is 2.26. The first-order valence-corrected chi connectivity index (χ1v) is 15.2. The van der Waals surface area contributed by atoms with E-state index in [2.05, 4.69) is 22.6 Å². The molecule has 0 fully saturated rings. The summed E-state index contributed by atoms with van der Waals surface area (Å²) in [5.41, 5.74) is 4.00. The van der Waals surface area contributed by atoms with Gasteiger partial charge in [0.05, 0.1) is 41.3 Å². The third kappa shape index (κ3) is 13.4. The molecular formula is C37H47IN2O6. The number of carbonyl (C=O) groups excluding carboxylic acids is 2. The molecule has 0 atom stereocenters. The van der Waals surface area contributed by atoms with Crippen molar-refractivity contribution in [3.63, 3.8) is 0 Å². The second-order valence-corrected chi connectivity index (χ2v) is 11.4. The average molecular weight is 743 g/mol. The number of hydrogen-bond donors (Lipinski definition) is 0. The Labute approximate surface area is 288 Å². The van der Waals surface area contributed by atoms with E-state index in [0.29, 0.717) is 12.8 Å². The van der Waals surface area contributed by atoms with Crippen LogP contribution in [0.25, 0.3) is 11.1 Å². The minimum absolute atomic E-state index is 0. The zero-order valence-corrected chi connectivity index (χ0v) is 29.5. The third-order valence-corrected chi connectivity index (χ3v) is 7.31. The molecule has 0 bridgehead atoms. The SMILES string of the molecule is C.COc1ccc(-c2ccc(OC)cc2CC(=O)N(C)C)cc1.COc1ccc(I)cc1.COc1cccc(CC(=O)N(C)C)c1. The maximum absolute atomic E-state index is 12.1. The van der Waals surface area contributed by atoms with Crippen molar-refractivity contribution in [2.45, 2.75) is 20.3 Å². The molecular weight excluding hydrogens is 695 g/mol. The molecule has 4 aromatic carbocycles.